The van der Waals surface area contributed by atoms with Gasteiger partial charge >= 0.3 is 17.8 Å². The van der Waals surface area contributed by atoms with E-state index in [-0.39, 0.29) is 48.0 Å². The molecule has 1 unspecified atom stereocenters. The number of hydrogen-bond acceptors (Lipinski definition) is 7. The number of rotatable bonds is 7. The molecule has 2 aliphatic rings. The first-order valence-electron chi connectivity index (χ1n) is 12.5. The average Bonchev–Trinajstić information content (AvgIpc) is 3.37. The van der Waals surface area contributed by atoms with Gasteiger partial charge in [-0.2, -0.15) is 0 Å². The van der Waals surface area contributed by atoms with E-state index < -0.39 is 11.9 Å². The molecular weight excluding hydrogens is 479 g/mol. The molecule has 2 aromatic heterocycles. The Hall–Kier alpha value is -3.66. The van der Waals surface area contributed by atoms with Crippen molar-refractivity contribution >= 4 is 11.9 Å². The number of halogens is 1. The summed E-state index contributed by atoms with van der Waals surface area (Å²) < 4.78 is 24.9. The van der Waals surface area contributed by atoms with E-state index in [2.05, 4.69) is 20.5 Å². The van der Waals surface area contributed by atoms with Gasteiger partial charge in [0.15, 0.2) is 0 Å². The molecule has 1 atom stereocenters. The van der Waals surface area contributed by atoms with Gasteiger partial charge in [-0.25, -0.2) is 4.39 Å². The lowest BCUT2D eigenvalue weighted by atomic mass is 9.67. The minimum atomic E-state index is -0.687. The highest BCUT2D eigenvalue weighted by atomic mass is 19.1. The number of carbonyl (C=O) groups is 2. The van der Waals surface area contributed by atoms with Crippen molar-refractivity contribution in [1.82, 2.24) is 20.5 Å². The van der Waals surface area contributed by atoms with Crippen LogP contribution in [0.2, 0.25) is 0 Å². The fourth-order valence-electron chi connectivity index (χ4n) is 5.20. The van der Waals surface area contributed by atoms with Gasteiger partial charge in [0.1, 0.15) is 5.82 Å². The summed E-state index contributed by atoms with van der Waals surface area (Å²) in [7, 11) is 0. The molecule has 1 aliphatic heterocycles. The number of carboxylic acids is 1. The minimum absolute atomic E-state index is 0.0821. The second-order valence-corrected chi connectivity index (χ2v) is 10.0. The van der Waals surface area contributed by atoms with E-state index in [1.54, 1.807) is 18.3 Å². The Kier molecular flexibility index (Phi) is 7.27. The lowest BCUT2D eigenvalue weighted by Crippen LogP contribution is -2.38. The highest BCUT2D eigenvalue weighted by Gasteiger charge is 2.41. The van der Waals surface area contributed by atoms with Crippen LogP contribution in [0.5, 0.6) is 0 Å². The van der Waals surface area contributed by atoms with Crippen LogP contribution in [0.4, 0.5) is 4.39 Å². The smallest absolute Gasteiger partial charge is 0.309 e. The van der Waals surface area contributed by atoms with Crippen LogP contribution in [-0.2, 0) is 22.5 Å². The van der Waals surface area contributed by atoms with Crippen molar-refractivity contribution in [3.8, 4) is 0 Å². The van der Waals surface area contributed by atoms with Gasteiger partial charge in [0.05, 0.1) is 30.7 Å². The maximum atomic E-state index is 13.3. The number of carboxylic acid groups (broad SMARTS) is 1. The number of carbonyl (C=O) groups excluding carboxylic acids is 1. The van der Waals surface area contributed by atoms with Crippen molar-refractivity contribution in [3.63, 3.8) is 0 Å². The first kappa shape index (κ1) is 25.0. The minimum Gasteiger partial charge on any atom is -0.481 e. The molecule has 3 aromatic rings. The van der Waals surface area contributed by atoms with Gasteiger partial charge in [0, 0.05) is 12.7 Å². The van der Waals surface area contributed by atoms with E-state index in [1.165, 1.54) is 12.1 Å². The number of pyridine rings is 1. The number of aliphatic carboxylic acids is 1. The maximum absolute atomic E-state index is 13.3. The Morgan fingerprint density at radius 2 is 1.89 bits per heavy atom. The van der Waals surface area contributed by atoms with E-state index >= 15 is 0 Å². The van der Waals surface area contributed by atoms with Crippen LogP contribution >= 0.6 is 0 Å². The fourth-order valence-corrected chi connectivity index (χ4v) is 5.20. The van der Waals surface area contributed by atoms with Crippen LogP contribution in [-0.4, -0.2) is 38.8 Å². The molecule has 9 nitrogen and oxygen atoms in total. The third-order valence-corrected chi connectivity index (χ3v) is 7.46. The molecule has 1 aromatic carbocycles. The van der Waals surface area contributed by atoms with Crippen LogP contribution in [0.1, 0.15) is 78.0 Å². The number of hydrogen-bond donors (Lipinski definition) is 2. The summed E-state index contributed by atoms with van der Waals surface area (Å²) in [5.74, 6) is -1.69. The molecule has 10 heteroatoms. The maximum Gasteiger partial charge on any atom is 0.309 e. The van der Waals surface area contributed by atoms with Gasteiger partial charge in [0.25, 0.3) is 0 Å². The Balaban J connectivity index is 1.09. The van der Waals surface area contributed by atoms with Crippen molar-refractivity contribution < 1.29 is 28.2 Å². The third-order valence-electron chi connectivity index (χ3n) is 7.46. The zero-order valence-corrected chi connectivity index (χ0v) is 20.4. The molecule has 3 heterocycles. The fraction of sp³-hybridized carbons (Fsp3) is 0.444. The molecule has 194 valence electrons. The lowest BCUT2D eigenvalue weighted by molar-refractivity contribution is -0.146. The SMILES string of the molecule is O=C(NCc1ccc(C2CCC3(CCC(C(=O)O)CC3)CO2)nc1)c1nnc(Cc2cccc(F)c2)o1. The highest BCUT2D eigenvalue weighted by Crippen LogP contribution is 2.47. The molecule has 1 spiro atoms. The molecule has 5 rings (SSSR count). The van der Waals surface area contributed by atoms with Crippen LogP contribution in [0.25, 0.3) is 0 Å². The predicted octanol–water partition coefficient (Wildman–Crippen LogP) is 4.24. The van der Waals surface area contributed by atoms with Crippen molar-refractivity contribution in [2.75, 3.05) is 6.61 Å². The number of nitrogens with one attached hydrogen (secondary N) is 1. The van der Waals surface area contributed by atoms with Crippen molar-refractivity contribution in [2.45, 2.75) is 57.6 Å². The van der Waals surface area contributed by atoms with E-state index in [0.29, 0.717) is 12.2 Å². The second-order valence-electron chi connectivity index (χ2n) is 10.0. The number of ether oxygens (including phenoxy) is 1. The van der Waals surface area contributed by atoms with Gasteiger partial charge in [-0.15, -0.1) is 10.2 Å². The number of nitrogens with zero attached hydrogens (tertiary/aromatic N) is 3. The summed E-state index contributed by atoms with van der Waals surface area (Å²) in [4.78, 5) is 28.2. The normalized spacial score (nSPS) is 23.6. The molecule has 1 amide bonds. The molecule has 1 aliphatic carbocycles. The van der Waals surface area contributed by atoms with Crippen LogP contribution in [0, 0.1) is 17.2 Å². The van der Waals surface area contributed by atoms with Gasteiger partial charge in [0.2, 0.25) is 5.89 Å². The van der Waals surface area contributed by atoms with Crippen molar-refractivity contribution in [3.05, 3.63) is 77.0 Å². The van der Waals surface area contributed by atoms with E-state index in [9.17, 15) is 19.1 Å². The Labute approximate surface area is 213 Å². The Bertz CT molecular complexity index is 1240. The van der Waals surface area contributed by atoms with Crippen LogP contribution < -0.4 is 5.32 Å². The average molecular weight is 509 g/mol. The van der Waals surface area contributed by atoms with E-state index in [1.807, 2.05) is 12.1 Å². The molecule has 2 fully saturated rings. The quantitative estimate of drug-likeness (QED) is 0.485. The largest absolute Gasteiger partial charge is 0.481 e. The first-order chi connectivity index (χ1) is 17.9. The monoisotopic (exact) mass is 508 g/mol. The van der Waals surface area contributed by atoms with Crippen LogP contribution in [0.15, 0.2) is 47.0 Å². The van der Waals surface area contributed by atoms with E-state index in [0.717, 1.165) is 49.8 Å². The van der Waals surface area contributed by atoms with E-state index in [4.69, 9.17) is 9.15 Å². The van der Waals surface area contributed by atoms with Crippen LogP contribution in [0.3, 0.4) is 0 Å². The van der Waals surface area contributed by atoms with Gasteiger partial charge in [-0.05, 0) is 73.3 Å². The zero-order valence-electron chi connectivity index (χ0n) is 20.4. The topological polar surface area (TPSA) is 127 Å². The molecule has 1 saturated heterocycles. The molecular formula is C27H29FN4O5. The zero-order chi connectivity index (χ0) is 25.8. The standard InChI is InChI=1S/C27H29FN4O5/c28-20-3-1-2-17(12-20)13-23-31-32-25(37-23)24(33)30-15-18-4-5-21(29-14-18)22-8-11-27(16-36-22)9-6-19(7-10-27)26(34)35/h1-5,12,14,19,22H,6-11,13,15-16H2,(H,30,33)(H,34,35). The first-order valence-corrected chi connectivity index (χ1v) is 12.5. The van der Waals surface area contributed by atoms with Gasteiger partial charge in [-0.1, -0.05) is 18.2 Å². The molecule has 1 saturated carbocycles. The predicted molar refractivity (Wildman–Crippen MR) is 129 cm³/mol. The number of amides is 1. The summed E-state index contributed by atoms with van der Waals surface area (Å²) in [5, 5.41) is 19.6. The Morgan fingerprint density at radius 3 is 2.57 bits per heavy atom. The number of benzene rings is 1. The Morgan fingerprint density at radius 1 is 1.08 bits per heavy atom. The molecule has 0 bridgehead atoms. The highest BCUT2D eigenvalue weighted by molar-refractivity contribution is 5.89. The second kappa shape index (κ2) is 10.8. The summed E-state index contributed by atoms with van der Waals surface area (Å²) in [6.07, 6.45) is 6.97. The summed E-state index contributed by atoms with van der Waals surface area (Å²) >= 11 is 0. The molecule has 0 radical (unpaired) electrons. The summed E-state index contributed by atoms with van der Waals surface area (Å²) in [6, 6.07) is 9.88. The lowest BCUT2D eigenvalue weighted by Gasteiger charge is -2.43. The molecule has 2 N–H and O–H groups in total. The van der Waals surface area contributed by atoms with Gasteiger partial charge < -0.3 is 19.6 Å². The van der Waals surface area contributed by atoms with Crippen molar-refractivity contribution in [1.29, 1.82) is 0 Å². The number of aromatic nitrogens is 3. The van der Waals surface area contributed by atoms with Crippen molar-refractivity contribution in [2.24, 2.45) is 11.3 Å². The molecule has 37 heavy (non-hydrogen) atoms. The third kappa shape index (κ3) is 6.02. The summed E-state index contributed by atoms with van der Waals surface area (Å²) in [5.41, 5.74) is 2.43. The summed E-state index contributed by atoms with van der Waals surface area (Å²) in [6.45, 7) is 0.877. The van der Waals surface area contributed by atoms with Gasteiger partial charge in [-0.3, -0.25) is 14.6 Å².